The normalized spacial score (nSPS) is 11.8. The number of esters is 1. The Morgan fingerprint density at radius 1 is 1.07 bits per heavy atom. The van der Waals surface area contributed by atoms with Crippen molar-refractivity contribution < 1.29 is 28.2 Å². The molecule has 1 atom stereocenters. The first-order valence-corrected chi connectivity index (χ1v) is 9.10. The van der Waals surface area contributed by atoms with Gasteiger partial charge in [-0.25, -0.2) is 4.79 Å². The van der Waals surface area contributed by atoms with Crippen LogP contribution in [0.2, 0.25) is 0 Å². The average Bonchev–Trinajstić information content (AvgIpc) is 2.71. The maximum Gasteiger partial charge on any atom is 0.347 e. The first-order valence-electron chi connectivity index (χ1n) is 9.10. The van der Waals surface area contributed by atoms with E-state index >= 15 is 0 Å². The fraction of sp³-hybridized carbons (Fsp3) is 0.273. The number of ether oxygens (including phenoxy) is 4. The van der Waals surface area contributed by atoms with E-state index in [1.807, 2.05) is 19.1 Å². The third kappa shape index (κ3) is 5.14. The van der Waals surface area contributed by atoms with Crippen LogP contribution in [0.4, 0.5) is 0 Å². The van der Waals surface area contributed by atoms with Crippen LogP contribution in [0.15, 0.2) is 57.9 Å². The van der Waals surface area contributed by atoms with Crippen molar-refractivity contribution in [2.45, 2.75) is 20.0 Å². The topological polar surface area (TPSA) is 84.2 Å². The number of aryl methyl sites for hydroxylation is 1. The summed E-state index contributed by atoms with van der Waals surface area (Å²) in [5.41, 5.74) is 1.11. The molecule has 0 unspecified atom stereocenters. The van der Waals surface area contributed by atoms with Gasteiger partial charge in [0.2, 0.25) is 11.2 Å². The molecule has 7 heteroatoms. The van der Waals surface area contributed by atoms with Gasteiger partial charge in [-0.05, 0) is 38.1 Å². The summed E-state index contributed by atoms with van der Waals surface area (Å²) in [6.45, 7) is 4.01. The number of carbonyl (C=O) groups excluding carboxylic acids is 1. The minimum atomic E-state index is -0.819. The fourth-order valence-electron chi connectivity index (χ4n) is 2.56. The number of methoxy groups -OCH3 is 1. The first kappa shape index (κ1) is 20.4. The Kier molecular flexibility index (Phi) is 6.51. The van der Waals surface area contributed by atoms with Gasteiger partial charge >= 0.3 is 5.97 Å². The molecule has 0 aliphatic heterocycles. The molecule has 0 fully saturated rings. The van der Waals surface area contributed by atoms with Crippen molar-refractivity contribution in [3.05, 3.63) is 64.5 Å². The lowest BCUT2D eigenvalue weighted by molar-refractivity contribution is -0.152. The largest absolute Gasteiger partial charge is 0.479 e. The molecule has 1 heterocycles. The number of carbonyl (C=O) groups is 1. The second-order valence-electron chi connectivity index (χ2n) is 6.42. The molecule has 0 aliphatic rings. The summed E-state index contributed by atoms with van der Waals surface area (Å²) in [6, 6.07) is 12.1. The highest BCUT2D eigenvalue weighted by Gasteiger charge is 2.17. The van der Waals surface area contributed by atoms with Crippen LogP contribution in [0.5, 0.6) is 17.2 Å². The zero-order valence-corrected chi connectivity index (χ0v) is 16.5. The van der Waals surface area contributed by atoms with Crippen molar-refractivity contribution in [2.75, 3.05) is 20.3 Å². The Labute approximate surface area is 167 Å². The van der Waals surface area contributed by atoms with Gasteiger partial charge < -0.3 is 23.4 Å². The number of hydrogen-bond donors (Lipinski definition) is 0. The molecule has 0 aliphatic carbocycles. The van der Waals surface area contributed by atoms with Gasteiger partial charge in [0.05, 0.1) is 12.0 Å². The van der Waals surface area contributed by atoms with E-state index in [1.165, 1.54) is 13.4 Å². The monoisotopic (exact) mass is 398 g/mol. The summed E-state index contributed by atoms with van der Waals surface area (Å²) in [7, 11) is 1.52. The summed E-state index contributed by atoms with van der Waals surface area (Å²) in [5.74, 6) is 0.502. The van der Waals surface area contributed by atoms with Crippen molar-refractivity contribution in [2.24, 2.45) is 0 Å². The molecule has 1 aromatic heterocycles. The third-order valence-electron chi connectivity index (χ3n) is 4.14. The molecule has 3 aromatic rings. The van der Waals surface area contributed by atoms with E-state index in [0.29, 0.717) is 29.1 Å². The molecule has 2 aromatic carbocycles. The molecular weight excluding hydrogens is 376 g/mol. The molecule has 0 radical (unpaired) electrons. The average molecular weight is 398 g/mol. The predicted octanol–water partition coefficient (Wildman–Crippen LogP) is 3.85. The van der Waals surface area contributed by atoms with Crippen molar-refractivity contribution in [3.8, 4) is 17.2 Å². The van der Waals surface area contributed by atoms with Gasteiger partial charge in [-0.3, -0.25) is 4.79 Å². The Balaban J connectivity index is 1.74. The van der Waals surface area contributed by atoms with E-state index in [4.69, 9.17) is 23.4 Å². The molecule has 152 valence electrons. The molecule has 3 rings (SSSR count). The highest BCUT2D eigenvalue weighted by Crippen LogP contribution is 2.24. The predicted molar refractivity (Wildman–Crippen MR) is 107 cm³/mol. The van der Waals surface area contributed by atoms with Crippen LogP contribution in [0.25, 0.3) is 11.0 Å². The van der Waals surface area contributed by atoms with E-state index in [2.05, 4.69) is 0 Å². The highest BCUT2D eigenvalue weighted by atomic mass is 16.6. The van der Waals surface area contributed by atoms with Crippen molar-refractivity contribution in [1.82, 2.24) is 0 Å². The standard InChI is InChI=1S/C22H22O7/c1-14-4-6-16(7-5-14)29-20-13-27-19-12-17(8-9-18(19)21(20)23)28-15(2)22(24)26-11-10-25-3/h4-9,12-13,15H,10-11H2,1-3H3/t15-/m1/s1. The van der Waals surface area contributed by atoms with Gasteiger partial charge in [0, 0.05) is 13.2 Å². The number of fused-ring (bicyclic) bond motifs is 1. The zero-order chi connectivity index (χ0) is 20.8. The second-order valence-corrected chi connectivity index (χ2v) is 6.42. The quantitative estimate of drug-likeness (QED) is 0.421. The van der Waals surface area contributed by atoms with Crippen molar-refractivity contribution in [1.29, 1.82) is 0 Å². The van der Waals surface area contributed by atoms with E-state index in [-0.39, 0.29) is 17.8 Å². The number of hydrogen-bond acceptors (Lipinski definition) is 7. The summed E-state index contributed by atoms with van der Waals surface area (Å²) in [4.78, 5) is 24.6. The summed E-state index contributed by atoms with van der Waals surface area (Å²) >= 11 is 0. The minimum absolute atomic E-state index is 0.0881. The maximum absolute atomic E-state index is 12.7. The molecule has 29 heavy (non-hydrogen) atoms. The molecule has 0 spiro atoms. The molecular formula is C22H22O7. The number of benzene rings is 2. The lowest BCUT2D eigenvalue weighted by atomic mass is 10.2. The smallest absolute Gasteiger partial charge is 0.347 e. The van der Waals surface area contributed by atoms with Gasteiger partial charge in [0.25, 0.3) is 0 Å². The molecule has 7 nitrogen and oxygen atoms in total. The lowest BCUT2D eigenvalue weighted by Gasteiger charge is -2.14. The van der Waals surface area contributed by atoms with Crippen LogP contribution in [0, 0.1) is 6.92 Å². The molecule has 0 saturated carbocycles. The van der Waals surface area contributed by atoms with Crippen LogP contribution < -0.4 is 14.9 Å². The van der Waals surface area contributed by atoms with Crippen LogP contribution in [-0.4, -0.2) is 32.4 Å². The molecule has 0 bridgehead atoms. The Hall–Kier alpha value is -3.32. The molecule has 0 amide bonds. The minimum Gasteiger partial charge on any atom is -0.479 e. The summed E-state index contributed by atoms with van der Waals surface area (Å²) < 4.78 is 26.6. The lowest BCUT2D eigenvalue weighted by Crippen LogP contribution is -2.27. The number of rotatable bonds is 8. The highest BCUT2D eigenvalue weighted by molar-refractivity contribution is 5.79. The summed E-state index contributed by atoms with van der Waals surface area (Å²) in [6.07, 6.45) is 0.441. The first-order chi connectivity index (χ1) is 14.0. The third-order valence-corrected chi connectivity index (χ3v) is 4.14. The molecule has 0 N–H and O–H groups in total. The van der Waals surface area contributed by atoms with Crippen LogP contribution >= 0.6 is 0 Å². The van der Waals surface area contributed by atoms with Crippen molar-refractivity contribution >= 4 is 16.9 Å². The SMILES string of the molecule is COCCOC(=O)[C@@H](C)Oc1ccc2c(=O)c(Oc3ccc(C)cc3)coc2c1. The zero-order valence-electron chi connectivity index (χ0n) is 16.5. The Morgan fingerprint density at radius 2 is 1.79 bits per heavy atom. The van der Waals surface area contributed by atoms with E-state index in [9.17, 15) is 9.59 Å². The maximum atomic E-state index is 12.7. The van der Waals surface area contributed by atoms with E-state index in [0.717, 1.165) is 5.56 Å². The van der Waals surface area contributed by atoms with E-state index < -0.39 is 12.1 Å². The van der Waals surface area contributed by atoms with Gasteiger partial charge in [0.15, 0.2) is 6.10 Å². The van der Waals surface area contributed by atoms with Crippen LogP contribution in [-0.2, 0) is 14.3 Å². The van der Waals surface area contributed by atoms with Gasteiger partial charge in [0.1, 0.15) is 30.0 Å². The Bertz CT molecular complexity index is 1040. The summed E-state index contributed by atoms with van der Waals surface area (Å²) in [5, 5.41) is 0.345. The van der Waals surface area contributed by atoms with Crippen molar-refractivity contribution in [3.63, 3.8) is 0 Å². The van der Waals surface area contributed by atoms with Gasteiger partial charge in [-0.2, -0.15) is 0 Å². The van der Waals surface area contributed by atoms with E-state index in [1.54, 1.807) is 37.3 Å². The Morgan fingerprint density at radius 3 is 2.52 bits per heavy atom. The van der Waals surface area contributed by atoms with Crippen LogP contribution in [0.3, 0.4) is 0 Å². The van der Waals surface area contributed by atoms with Crippen LogP contribution in [0.1, 0.15) is 12.5 Å². The van der Waals surface area contributed by atoms with Gasteiger partial charge in [-0.1, -0.05) is 17.7 Å². The van der Waals surface area contributed by atoms with Gasteiger partial charge in [-0.15, -0.1) is 0 Å². The fourth-order valence-corrected chi connectivity index (χ4v) is 2.56. The molecule has 0 saturated heterocycles. The second kappa shape index (κ2) is 9.25.